The van der Waals surface area contributed by atoms with E-state index < -0.39 is 0 Å². The maximum Gasteiger partial charge on any atom is 0.191 e. The van der Waals surface area contributed by atoms with Crippen molar-refractivity contribution in [3.05, 3.63) is 65.7 Å². The zero-order chi connectivity index (χ0) is 17.5. The Kier molecular flexibility index (Phi) is 5.59. The molecule has 0 unspecified atom stereocenters. The second-order valence-electron chi connectivity index (χ2n) is 6.79. The number of nitrogens with one attached hydrogen (secondary N) is 2. The summed E-state index contributed by atoms with van der Waals surface area (Å²) in [6.07, 6.45) is 3.70. The van der Waals surface area contributed by atoms with Crippen molar-refractivity contribution in [3.8, 4) is 5.75 Å². The normalized spacial score (nSPS) is 15.5. The van der Waals surface area contributed by atoms with E-state index >= 15 is 0 Å². The number of ether oxygens (including phenoxy) is 1. The van der Waals surface area contributed by atoms with Crippen LogP contribution in [0.3, 0.4) is 0 Å². The van der Waals surface area contributed by atoms with Crippen LogP contribution in [0.15, 0.2) is 59.6 Å². The van der Waals surface area contributed by atoms with Crippen LogP contribution in [0.25, 0.3) is 0 Å². The number of hydrogen-bond donors (Lipinski definition) is 2. The summed E-state index contributed by atoms with van der Waals surface area (Å²) in [7, 11) is 3.50. The SMILES string of the molecule is CN=C(NCc1ccc(OC)cc1)NCC1(Cc2ccccc2)CC1. The van der Waals surface area contributed by atoms with Gasteiger partial charge in [0, 0.05) is 20.1 Å². The molecule has 0 spiro atoms. The number of hydrogen-bond acceptors (Lipinski definition) is 2. The van der Waals surface area contributed by atoms with Crippen molar-refractivity contribution < 1.29 is 4.74 Å². The van der Waals surface area contributed by atoms with E-state index in [0.29, 0.717) is 5.41 Å². The second-order valence-corrected chi connectivity index (χ2v) is 6.79. The Morgan fingerprint density at radius 1 is 1.00 bits per heavy atom. The fourth-order valence-corrected chi connectivity index (χ4v) is 3.04. The molecule has 0 radical (unpaired) electrons. The lowest BCUT2D eigenvalue weighted by molar-refractivity contribution is 0.414. The van der Waals surface area contributed by atoms with Crippen LogP contribution in [0.5, 0.6) is 5.75 Å². The first-order valence-corrected chi connectivity index (χ1v) is 8.84. The molecule has 1 saturated carbocycles. The second kappa shape index (κ2) is 8.06. The van der Waals surface area contributed by atoms with Crippen LogP contribution in [0.1, 0.15) is 24.0 Å². The van der Waals surface area contributed by atoms with Gasteiger partial charge in [-0.15, -0.1) is 0 Å². The summed E-state index contributed by atoms with van der Waals surface area (Å²) in [4.78, 5) is 4.34. The van der Waals surface area contributed by atoms with Crippen LogP contribution >= 0.6 is 0 Å². The minimum Gasteiger partial charge on any atom is -0.497 e. The van der Waals surface area contributed by atoms with E-state index in [2.05, 4.69) is 58.1 Å². The van der Waals surface area contributed by atoms with Crippen molar-refractivity contribution in [3.63, 3.8) is 0 Å². The summed E-state index contributed by atoms with van der Waals surface area (Å²) >= 11 is 0. The van der Waals surface area contributed by atoms with Gasteiger partial charge in [0.05, 0.1) is 7.11 Å². The highest BCUT2D eigenvalue weighted by molar-refractivity contribution is 5.79. The molecule has 1 aliphatic rings. The summed E-state index contributed by atoms with van der Waals surface area (Å²) in [5.41, 5.74) is 3.01. The van der Waals surface area contributed by atoms with Crippen molar-refractivity contribution in [2.24, 2.45) is 10.4 Å². The molecule has 0 amide bonds. The molecule has 0 atom stereocenters. The Balaban J connectivity index is 1.47. The molecule has 2 aromatic rings. The van der Waals surface area contributed by atoms with Crippen molar-refractivity contribution in [2.75, 3.05) is 20.7 Å². The molecule has 4 nitrogen and oxygen atoms in total. The molecule has 0 bridgehead atoms. The fraction of sp³-hybridized carbons (Fsp3) is 0.381. The number of guanidine groups is 1. The van der Waals surface area contributed by atoms with E-state index in [4.69, 9.17) is 4.74 Å². The van der Waals surface area contributed by atoms with Crippen LogP contribution in [0.4, 0.5) is 0 Å². The number of aliphatic imine (C=N–C) groups is 1. The topological polar surface area (TPSA) is 45.7 Å². The van der Waals surface area contributed by atoms with Crippen LogP contribution in [-0.4, -0.2) is 26.7 Å². The third-order valence-electron chi connectivity index (χ3n) is 4.85. The zero-order valence-electron chi connectivity index (χ0n) is 15.1. The summed E-state index contributed by atoms with van der Waals surface area (Å²) in [6.45, 7) is 1.71. The molecule has 0 heterocycles. The third kappa shape index (κ3) is 4.99. The highest BCUT2D eigenvalue weighted by Crippen LogP contribution is 2.47. The minimum atomic E-state index is 0.388. The van der Waals surface area contributed by atoms with Gasteiger partial charge in [0.1, 0.15) is 5.75 Å². The van der Waals surface area contributed by atoms with Crippen LogP contribution in [-0.2, 0) is 13.0 Å². The van der Waals surface area contributed by atoms with Crippen molar-refractivity contribution in [1.29, 1.82) is 0 Å². The standard InChI is InChI=1S/C21H27N3O/c1-22-20(23-15-18-8-10-19(25-2)11-9-18)24-16-21(12-13-21)14-17-6-4-3-5-7-17/h3-11H,12-16H2,1-2H3,(H2,22,23,24). The predicted octanol–water partition coefficient (Wildman–Crippen LogP) is 3.38. The van der Waals surface area contributed by atoms with Crippen molar-refractivity contribution in [2.45, 2.75) is 25.8 Å². The van der Waals surface area contributed by atoms with Crippen molar-refractivity contribution in [1.82, 2.24) is 10.6 Å². The van der Waals surface area contributed by atoms with Crippen LogP contribution < -0.4 is 15.4 Å². The molecule has 0 aromatic heterocycles. The van der Waals surface area contributed by atoms with Gasteiger partial charge in [0.25, 0.3) is 0 Å². The largest absolute Gasteiger partial charge is 0.497 e. The Bertz CT molecular complexity index is 691. The van der Waals surface area contributed by atoms with Gasteiger partial charge in [-0.3, -0.25) is 4.99 Å². The van der Waals surface area contributed by atoms with Gasteiger partial charge in [-0.2, -0.15) is 0 Å². The molecule has 1 fully saturated rings. The minimum absolute atomic E-state index is 0.388. The molecule has 2 aromatic carbocycles. The highest BCUT2D eigenvalue weighted by atomic mass is 16.5. The Hall–Kier alpha value is -2.49. The predicted molar refractivity (Wildman–Crippen MR) is 103 cm³/mol. The quantitative estimate of drug-likeness (QED) is 0.601. The average molecular weight is 337 g/mol. The summed E-state index contributed by atoms with van der Waals surface area (Å²) in [5.74, 6) is 1.73. The fourth-order valence-electron chi connectivity index (χ4n) is 3.04. The van der Waals surface area contributed by atoms with Gasteiger partial charge >= 0.3 is 0 Å². The third-order valence-corrected chi connectivity index (χ3v) is 4.85. The molecule has 4 heteroatoms. The van der Waals surface area contributed by atoms with Gasteiger partial charge in [0.15, 0.2) is 5.96 Å². The summed E-state index contributed by atoms with van der Waals surface area (Å²) in [6, 6.07) is 18.8. The molecule has 0 aliphatic heterocycles. The maximum atomic E-state index is 5.19. The van der Waals surface area contributed by atoms with E-state index in [9.17, 15) is 0 Å². The number of benzene rings is 2. The first-order chi connectivity index (χ1) is 12.2. The van der Waals surface area contributed by atoms with Gasteiger partial charge < -0.3 is 15.4 Å². The van der Waals surface area contributed by atoms with E-state index in [0.717, 1.165) is 31.2 Å². The number of methoxy groups -OCH3 is 1. The lowest BCUT2D eigenvalue weighted by Crippen LogP contribution is -2.40. The Morgan fingerprint density at radius 3 is 2.32 bits per heavy atom. The van der Waals surface area contributed by atoms with Crippen LogP contribution in [0, 0.1) is 5.41 Å². The first-order valence-electron chi connectivity index (χ1n) is 8.84. The van der Waals surface area contributed by atoms with E-state index in [1.165, 1.54) is 24.0 Å². The molecule has 1 aliphatic carbocycles. The Labute approximate surface area is 150 Å². The molecule has 0 saturated heterocycles. The smallest absolute Gasteiger partial charge is 0.191 e. The monoisotopic (exact) mass is 337 g/mol. The lowest BCUT2D eigenvalue weighted by Gasteiger charge is -2.19. The summed E-state index contributed by atoms with van der Waals surface area (Å²) in [5, 5.41) is 6.88. The van der Waals surface area contributed by atoms with Gasteiger partial charge in [-0.1, -0.05) is 42.5 Å². The zero-order valence-corrected chi connectivity index (χ0v) is 15.1. The average Bonchev–Trinajstić information content (AvgIpc) is 3.42. The molecule has 132 valence electrons. The number of rotatable bonds is 7. The molecular weight excluding hydrogens is 310 g/mol. The van der Waals surface area contributed by atoms with Gasteiger partial charge in [0.2, 0.25) is 0 Å². The van der Waals surface area contributed by atoms with Gasteiger partial charge in [-0.25, -0.2) is 0 Å². The number of nitrogens with zero attached hydrogens (tertiary/aromatic N) is 1. The van der Waals surface area contributed by atoms with E-state index in [1.807, 2.05) is 19.2 Å². The molecule has 2 N–H and O–H groups in total. The van der Waals surface area contributed by atoms with Gasteiger partial charge in [-0.05, 0) is 47.9 Å². The lowest BCUT2D eigenvalue weighted by atomic mass is 9.96. The van der Waals surface area contributed by atoms with E-state index in [-0.39, 0.29) is 0 Å². The molecular formula is C21H27N3O. The molecule has 3 rings (SSSR count). The maximum absolute atomic E-state index is 5.19. The summed E-state index contributed by atoms with van der Waals surface area (Å²) < 4.78 is 5.19. The van der Waals surface area contributed by atoms with E-state index in [1.54, 1.807) is 7.11 Å². The Morgan fingerprint density at radius 2 is 1.72 bits per heavy atom. The van der Waals surface area contributed by atoms with Crippen LogP contribution in [0.2, 0.25) is 0 Å². The molecule has 25 heavy (non-hydrogen) atoms. The first kappa shape index (κ1) is 17.3. The van der Waals surface area contributed by atoms with Crippen molar-refractivity contribution >= 4 is 5.96 Å². The highest BCUT2D eigenvalue weighted by Gasteiger charge is 2.42.